The minimum Gasteiger partial charge on any atom is -0.313 e. The molecule has 0 aromatic carbocycles. The van der Waals surface area contributed by atoms with Gasteiger partial charge in [-0.3, -0.25) is 9.78 Å². The van der Waals surface area contributed by atoms with Crippen LogP contribution in [-0.4, -0.2) is 20.2 Å². The Kier molecular flexibility index (Phi) is 3.12. The van der Waals surface area contributed by atoms with Crippen LogP contribution in [0.1, 0.15) is 18.4 Å². The van der Waals surface area contributed by atoms with Crippen molar-refractivity contribution in [3.05, 3.63) is 43.8 Å². The Morgan fingerprint density at radius 2 is 2.00 bits per heavy atom. The van der Waals surface area contributed by atoms with Crippen LogP contribution >= 0.6 is 11.6 Å². The predicted octanol–water partition coefficient (Wildman–Crippen LogP) is 1.68. The number of hydrogen-bond acceptors (Lipinski definition) is 4. The Bertz CT molecular complexity index is 813. The number of aromatic amines is 2. The molecule has 0 bridgehead atoms. The molecule has 1 aliphatic rings. The lowest BCUT2D eigenvalue weighted by Gasteiger charge is -2.17. The molecule has 0 radical (unpaired) electrons. The molecule has 110 valence electrons. The minimum atomic E-state index is -3.11. The first-order chi connectivity index (χ1) is 9.89. The number of H-pyrrole nitrogens is 2. The van der Waals surface area contributed by atoms with Crippen molar-refractivity contribution in [2.24, 2.45) is 5.92 Å². The second-order valence-electron chi connectivity index (χ2n) is 4.82. The molecule has 0 amide bonds. The van der Waals surface area contributed by atoms with Gasteiger partial charge in [0.1, 0.15) is 5.69 Å². The normalized spacial score (nSPS) is 15.2. The summed E-state index contributed by atoms with van der Waals surface area (Å²) in [6.07, 6.45) is 1.93. The predicted molar refractivity (Wildman–Crippen MR) is 70.3 cm³/mol. The van der Waals surface area contributed by atoms with E-state index in [0.29, 0.717) is 12.8 Å². The van der Waals surface area contributed by atoms with E-state index in [1.807, 2.05) is 4.98 Å². The van der Waals surface area contributed by atoms with Crippen LogP contribution in [0.5, 0.6) is 0 Å². The molecule has 2 aromatic rings. The molecule has 2 aromatic heterocycles. The van der Waals surface area contributed by atoms with Crippen LogP contribution in [0.3, 0.4) is 0 Å². The van der Waals surface area contributed by atoms with Gasteiger partial charge in [0.25, 0.3) is 11.5 Å². The van der Waals surface area contributed by atoms with Crippen molar-refractivity contribution in [3.8, 4) is 11.3 Å². The Labute approximate surface area is 121 Å². The highest BCUT2D eigenvalue weighted by atomic mass is 35.5. The fourth-order valence-electron chi connectivity index (χ4n) is 2.01. The summed E-state index contributed by atoms with van der Waals surface area (Å²) < 4.78 is 28.3. The SMILES string of the molecule is O=c1[nH]cc(-c2cc(C(F)(F)C3CC3)c(Cl)nn2)c(=O)[nH]1. The van der Waals surface area contributed by atoms with E-state index in [9.17, 15) is 18.4 Å². The summed E-state index contributed by atoms with van der Waals surface area (Å²) in [5.41, 5.74) is -2.04. The summed E-state index contributed by atoms with van der Waals surface area (Å²) >= 11 is 5.71. The molecule has 1 saturated carbocycles. The van der Waals surface area contributed by atoms with Crippen molar-refractivity contribution in [1.82, 2.24) is 20.2 Å². The summed E-state index contributed by atoms with van der Waals surface area (Å²) in [4.78, 5) is 26.9. The lowest BCUT2D eigenvalue weighted by molar-refractivity contribution is -0.0288. The molecular weight excluding hydrogens is 306 g/mol. The van der Waals surface area contributed by atoms with Gasteiger partial charge < -0.3 is 4.98 Å². The van der Waals surface area contributed by atoms with Crippen LogP contribution in [0, 0.1) is 5.92 Å². The van der Waals surface area contributed by atoms with Crippen molar-refractivity contribution in [2.45, 2.75) is 18.8 Å². The lowest BCUT2D eigenvalue weighted by atomic mass is 10.0. The van der Waals surface area contributed by atoms with Crippen molar-refractivity contribution < 1.29 is 8.78 Å². The van der Waals surface area contributed by atoms with Crippen LogP contribution in [0.25, 0.3) is 11.3 Å². The number of nitrogens with one attached hydrogen (secondary N) is 2. The molecule has 21 heavy (non-hydrogen) atoms. The number of aromatic nitrogens is 4. The zero-order valence-corrected chi connectivity index (χ0v) is 11.2. The molecule has 2 heterocycles. The van der Waals surface area contributed by atoms with E-state index in [-0.39, 0.29) is 11.3 Å². The standard InChI is InChI=1S/C12H9ClF2N4O2/c13-9-7(12(14,15)5-1-2-5)3-8(18-19-9)6-4-16-11(21)17-10(6)20/h3-5H,1-2H2,(H2,16,17,20,21). The van der Waals surface area contributed by atoms with Gasteiger partial charge in [-0.1, -0.05) is 11.6 Å². The zero-order valence-electron chi connectivity index (χ0n) is 10.5. The summed E-state index contributed by atoms with van der Waals surface area (Å²) in [6, 6.07) is 1.04. The van der Waals surface area contributed by atoms with E-state index >= 15 is 0 Å². The second kappa shape index (κ2) is 4.73. The zero-order chi connectivity index (χ0) is 15.2. The highest BCUT2D eigenvalue weighted by molar-refractivity contribution is 6.30. The van der Waals surface area contributed by atoms with Crippen molar-refractivity contribution >= 4 is 11.6 Å². The lowest BCUT2D eigenvalue weighted by Crippen LogP contribution is -2.23. The molecule has 3 rings (SSSR count). The number of rotatable bonds is 3. The molecule has 0 saturated heterocycles. The molecule has 0 spiro atoms. The van der Waals surface area contributed by atoms with Gasteiger partial charge in [-0.15, -0.1) is 10.2 Å². The topological polar surface area (TPSA) is 91.5 Å². The van der Waals surface area contributed by atoms with Crippen molar-refractivity contribution in [2.75, 3.05) is 0 Å². The van der Waals surface area contributed by atoms with Crippen LogP contribution in [0.15, 0.2) is 21.9 Å². The maximum atomic E-state index is 14.2. The maximum Gasteiger partial charge on any atom is 0.325 e. The minimum absolute atomic E-state index is 0.0633. The molecule has 0 atom stereocenters. The Balaban J connectivity index is 2.13. The van der Waals surface area contributed by atoms with E-state index in [1.165, 1.54) is 0 Å². The Morgan fingerprint density at radius 3 is 2.62 bits per heavy atom. The molecule has 2 N–H and O–H groups in total. The third-order valence-electron chi connectivity index (χ3n) is 3.29. The highest BCUT2D eigenvalue weighted by Crippen LogP contribution is 2.51. The fraction of sp³-hybridized carbons (Fsp3) is 0.333. The van der Waals surface area contributed by atoms with Gasteiger partial charge in [-0.2, -0.15) is 0 Å². The van der Waals surface area contributed by atoms with Crippen LogP contribution in [0.4, 0.5) is 8.78 Å². The second-order valence-corrected chi connectivity index (χ2v) is 5.17. The fourth-order valence-corrected chi connectivity index (χ4v) is 2.23. The summed E-state index contributed by atoms with van der Waals surface area (Å²) in [5.74, 6) is -3.88. The average Bonchev–Trinajstić information content (AvgIpc) is 3.24. The van der Waals surface area contributed by atoms with Gasteiger partial charge in [-0.05, 0) is 18.9 Å². The van der Waals surface area contributed by atoms with Crippen molar-refractivity contribution in [1.29, 1.82) is 0 Å². The number of nitrogens with zero attached hydrogens (tertiary/aromatic N) is 2. The molecule has 1 fully saturated rings. The van der Waals surface area contributed by atoms with Crippen LogP contribution < -0.4 is 11.2 Å². The van der Waals surface area contributed by atoms with Gasteiger partial charge in [0.2, 0.25) is 0 Å². The summed E-state index contributed by atoms with van der Waals surface area (Å²) in [5, 5.41) is 6.73. The Morgan fingerprint density at radius 1 is 1.29 bits per heavy atom. The first kappa shape index (κ1) is 13.9. The Hall–Kier alpha value is -2.09. The van der Waals surface area contributed by atoms with Gasteiger partial charge >= 0.3 is 5.69 Å². The average molecular weight is 315 g/mol. The molecular formula is C12H9ClF2N4O2. The largest absolute Gasteiger partial charge is 0.325 e. The van der Waals surface area contributed by atoms with Gasteiger partial charge in [0.15, 0.2) is 5.15 Å². The molecule has 6 nitrogen and oxygen atoms in total. The van der Waals surface area contributed by atoms with Gasteiger partial charge in [-0.25, -0.2) is 13.6 Å². The monoisotopic (exact) mass is 314 g/mol. The molecule has 9 heteroatoms. The maximum absolute atomic E-state index is 14.2. The smallest absolute Gasteiger partial charge is 0.313 e. The molecule has 0 aliphatic heterocycles. The quantitative estimate of drug-likeness (QED) is 0.901. The third kappa shape index (κ3) is 2.46. The van der Waals surface area contributed by atoms with Crippen LogP contribution in [0.2, 0.25) is 5.15 Å². The summed E-state index contributed by atoms with van der Waals surface area (Å²) in [6.45, 7) is 0. The molecule has 1 aliphatic carbocycles. The number of halogens is 3. The van der Waals surface area contributed by atoms with Crippen LogP contribution in [-0.2, 0) is 5.92 Å². The number of hydrogen-bond donors (Lipinski definition) is 2. The van der Waals surface area contributed by atoms with E-state index in [2.05, 4.69) is 15.2 Å². The van der Waals surface area contributed by atoms with E-state index in [1.54, 1.807) is 0 Å². The summed E-state index contributed by atoms with van der Waals surface area (Å²) in [7, 11) is 0. The first-order valence-corrected chi connectivity index (χ1v) is 6.51. The molecule has 0 unspecified atom stereocenters. The highest BCUT2D eigenvalue weighted by Gasteiger charge is 2.49. The van der Waals surface area contributed by atoms with E-state index in [0.717, 1.165) is 12.3 Å². The number of alkyl halides is 2. The van der Waals surface area contributed by atoms with E-state index < -0.39 is 33.8 Å². The first-order valence-electron chi connectivity index (χ1n) is 6.13. The van der Waals surface area contributed by atoms with Gasteiger partial charge in [0, 0.05) is 12.1 Å². The van der Waals surface area contributed by atoms with Crippen molar-refractivity contribution in [3.63, 3.8) is 0 Å². The van der Waals surface area contributed by atoms with E-state index in [4.69, 9.17) is 11.6 Å². The van der Waals surface area contributed by atoms with Gasteiger partial charge in [0.05, 0.1) is 11.1 Å². The third-order valence-corrected chi connectivity index (χ3v) is 3.57.